The molecule has 0 bridgehead atoms. The Labute approximate surface area is 95.4 Å². The molecule has 6 nitrogen and oxygen atoms in total. The smallest absolute Gasteiger partial charge is 0.290 e. The Balaban J connectivity index is 2.75. The molecule has 0 amide bonds. The van der Waals surface area contributed by atoms with E-state index in [1.54, 1.807) is 0 Å². The molecule has 17 heavy (non-hydrogen) atoms. The van der Waals surface area contributed by atoms with Gasteiger partial charge in [0.15, 0.2) is 0 Å². The molecule has 0 spiro atoms. The number of aliphatic hydroxyl groups excluding tert-OH is 1. The second-order valence-corrected chi connectivity index (χ2v) is 3.43. The van der Waals surface area contributed by atoms with E-state index in [0.29, 0.717) is 0 Å². The summed E-state index contributed by atoms with van der Waals surface area (Å²) >= 11 is 0. The molecule has 0 aliphatic heterocycles. The zero-order chi connectivity index (χ0) is 13.1. The van der Waals surface area contributed by atoms with Crippen molar-refractivity contribution in [3.8, 4) is 0 Å². The minimum absolute atomic E-state index is 0.0984. The molecule has 0 saturated heterocycles. The lowest BCUT2D eigenvalue weighted by atomic mass is 10.3. The van der Waals surface area contributed by atoms with Gasteiger partial charge in [-0.1, -0.05) is 0 Å². The van der Waals surface area contributed by atoms with Crippen molar-refractivity contribution in [3.63, 3.8) is 0 Å². The number of halogens is 2. The zero-order valence-electron chi connectivity index (χ0n) is 8.98. The standard InChI is InChI=1S/C9H11F2N3O3/c1-6-7(14(16)17)2-3-8(13-6)12-4-9(10,11)5-15/h2-3,15H,4-5H2,1H3,(H,12,13). The summed E-state index contributed by atoms with van der Waals surface area (Å²) in [6.07, 6.45) is 0. The number of nitro groups is 1. The predicted octanol–water partition coefficient (Wildman–Crippen LogP) is 1.34. The first-order chi connectivity index (χ1) is 7.85. The molecule has 1 rings (SSSR count). The van der Waals surface area contributed by atoms with Crippen LogP contribution in [0.4, 0.5) is 20.3 Å². The Morgan fingerprint density at radius 1 is 1.59 bits per heavy atom. The first-order valence-corrected chi connectivity index (χ1v) is 4.70. The molecule has 0 fully saturated rings. The maximum Gasteiger partial charge on any atom is 0.290 e. The summed E-state index contributed by atoms with van der Waals surface area (Å²) in [5.41, 5.74) is -0.0446. The van der Waals surface area contributed by atoms with Crippen molar-refractivity contribution >= 4 is 11.5 Å². The number of aromatic nitrogens is 1. The molecule has 1 aromatic rings. The van der Waals surface area contributed by atoms with Gasteiger partial charge >= 0.3 is 0 Å². The van der Waals surface area contributed by atoms with Crippen LogP contribution in [0.1, 0.15) is 5.69 Å². The molecule has 0 atom stereocenters. The van der Waals surface area contributed by atoms with E-state index >= 15 is 0 Å². The molecule has 0 saturated carbocycles. The second-order valence-electron chi connectivity index (χ2n) is 3.43. The molecule has 0 unspecified atom stereocenters. The molecule has 1 aromatic heterocycles. The number of aliphatic hydroxyl groups is 1. The number of nitrogens with zero attached hydrogens (tertiary/aromatic N) is 2. The van der Waals surface area contributed by atoms with Gasteiger partial charge in [-0.2, -0.15) is 0 Å². The Kier molecular flexibility index (Phi) is 3.89. The van der Waals surface area contributed by atoms with Crippen molar-refractivity contribution in [1.29, 1.82) is 0 Å². The highest BCUT2D eigenvalue weighted by Crippen LogP contribution is 2.19. The number of anilines is 1. The molecule has 0 radical (unpaired) electrons. The van der Waals surface area contributed by atoms with Crippen molar-refractivity contribution in [3.05, 3.63) is 27.9 Å². The van der Waals surface area contributed by atoms with E-state index < -0.39 is 24.0 Å². The number of aryl methyl sites for hydroxylation is 1. The van der Waals surface area contributed by atoms with Gasteiger partial charge in [0.1, 0.15) is 18.1 Å². The third-order valence-corrected chi connectivity index (χ3v) is 2.01. The van der Waals surface area contributed by atoms with E-state index in [2.05, 4.69) is 10.3 Å². The minimum atomic E-state index is -3.25. The molecule has 94 valence electrons. The van der Waals surface area contributed by atoms with Crippen molar-refractivity contribution in [1.82, 2.24) is 4.98 Å². The molecule has 8 heteroatoms. The van der Waals surface area contributed by atoms with Gasteiger partial charge in [-0.15, -0.1) is 0 Å². The lowest BCUT2D eigenvalue weighted by Crippen LogP contribution is -2.31. The predicted molar refractivity (Wildman–Crippen MR) is 56.2 cm³/mol. The lowest BCUT2D eigenvalue weighted by molar-refractivity contribution is -0.385. The quantitative estimate of drug-likeness (QED) is 0.605. The van der Waals surface area contributed by atoms with E-state index in [9.17, 15) is 18.9 Å². The topological polar surface area (TPSA) is 88.3 Å². The number of pyridine rings is 1. The highest BCUT2D eigenvalue weighted by Gasteiger charge is 2.27. The van der Waals surface area contributed by atoms with Crippen LogP contribution in [0.15, 0.2) is 12.1 Å². The van der Waals surface area contributed by atoms with Gasteiger partial charge in [0.25, 0.3) is 11.6 Å². The van der Waals surface area contributed by atoms with Crippen molar-refractivity contribution < 1.29 is 18.8 Å². The first-order valence-electron chi connectivity index (χ1n) is 4.70. The maximum atomic E-state index is 12.7. The normalized spacial score (nSPS) is 11.3. The number of hydrogen-bond acceptors (Lipinski definition) is 5. The summed E-state index contributed by atoms with van der Waals surface area (Å²) in [4.78, 5) is 13.6. The van der Waals surface area contributed by atoms with Crippen molar-refractivity contribution in [2.75, 3.05) is 18.5 Å². The van der Waals surface area contributed by atoms with Crippen LogP contribution in [0.25, 0.3) is 0 Å². The van der Waals surface area contributed by atoms with Crippen LogP contribution in [0.2, 0.25) is 0 Å². The van der Waals surface area contributed by atoms with Crippen molar-refractivity contribution in [2.24, 2.45) is 0 Å². The Morgan fingerprint density at radius 3 is 2.71 bits per heavy atom. The summed E-state index contributed by atoms with van der Waals surface area (Å²) < 4.78 is 25.4. The molecule has 0 aliphatic rings. The molecule has 0 aliphatic carbocycles. The molecule has 0 aromatic carbocycles. The largest absolute Gasteiger partial charge is 0.390 e. The summed E-state index contributed by atoms with van der Waals surface area (Å²) in [5, 5.41) is 21.1. The van der Waals surface area contributed by atoms with Crippen LogP contribution in [0.5, 0.6) is 0 Å². The Hall–Kier alpha value is -1.83. The summed E-state index contributed by atoms with van der Waals surface area (Å²) in [5.74, 6) is -3.15. The molecular weight excluding hydrogens is 236 g/mol. The average Bonchev–Trinajstić information content (AvgIpc) is 2.26. The number of hydrogen-bond donors (Lipinski definition) is 2. The number of rotatable bonds is 5. The highest BCUT2D eigenvalue weighted by atomic mass is 19.3. The first kappa shape index (κ1) is 13.2. The maximum absolute atomic E-state index is 12.7. The van der Waals surface area contributed by atoms with Crippen LogP contribution >= 0.6 is 0 Å². The van der Waals surface area contributed by atoms with E-state index in [1.807, 2.05) is 0 Å². The summed E-state index contributed by atoms with van der Waals surface area (Å²) in [6, 6.07) is 2.42. The van der Waals surface area contributed by atoms with Crippen LogP contribution in [-0.2, 0) is 0 Å². The molecule has 1 heterocycles. The van der Waals surface area contributed by atoms with Crippen molar-refractivity contribution in [2.45, 2.75) is 12.8 Å². The third-order valence-electron chi connectivity index (χ3n) is 2.01. The molecule has 2 N–H and O–H groups in total. The van der Waals surface area contributed by atoms with Crippen LogP contribution < -0.4 is 5.32 Å². The van der Waals surface area contributed by atoms with Gasteiger partial charge in [0.2, 0.25) is 0 Å². The van der Waals surface area contributed by atoms with Gasteiger partial charge in [-0.25, -0.2) is 13.8 Å². The van der Waals surface area contributed by atoms with Crippen LogP contribution in [0.3, 0.4) is 0 Å². The minimum Gasteiger partial charge on any atom is -0.390 e. The zero-order valence-corrected chi connectivity index (χ0v) is 8.98. The summed E-state index contributed by atoms with van der Waals surface area (Å²) in [7, 11) is 0. The van der Waals surface area contributed by atoms with Gasteiger partial charge in [0.05, 0.1) is 11.5 Å². The average molecular weight is 247 g/mol. The van der Waals surface area contributed by atoms with E-state index in [1.165, 1.54) is 19.1 Å². The molecular formula is C9H11F2N3O3. The highest BCUT2D eigenvalue weighted by molar-refractivity contribution is 5.44. The number of nitrogens with one attached hydrogen (secondary N) is 1. The van der Waals surface area contributed by atoms with Gasteiger partial charge in [0, 0.05) is 6.07 Å². The third kappa shape index (κ3) is 3.59. The van der Waals surface area contributed by atoms with E-state index in [4.69, 9.17) is 5.11 Å². The Morgan fingerprint density at radius 2 is 2.24 bits per heavy atom. The fourth-order valence-electron chi connectivity index (χ4n) is 1.12. The van der Waals surface area contributed by atoms with Gasteiger partial charge < -0.3 is 10.4 Å². The SMILES string of the molecule is Cc1nc(NCC(F)(F)CO)ccc1[N+](=O)[O-]. The van der Waals surface area contributed by atoms with Gasteiger partial charge in [-0.3, -0.25) is 10.1 Å². The fraction of sp³-hybridized carbons (Fsp3) is 0.444. The monoisotopic (exact) mass is 247 g/mol. The van der Waals surface area contributed by atoms with Crippen LogP contribution in [-0.4, -0.2) is 34.1 Å². The van der Waals surface area contributed by atoms with Gasteiger partial charge in [-0.05, 0) is 13.0 Å². The number of alkyl halides is 2. The lowest BCUT2D eigenvalue weighted by Gasteiger charge is -2.14. The second kappa shape index (κ2) is 5.00. The van der Waals surface area contributed by atoms with E-state index in [0.717, 1.165) is 0 Å². The summed E-state index contributed by atoms with van der Waals surface area (Å²) in [6.45, 7) is -0.646. The van der Waals surface area contributed by atoms with Crippen LogP contribution in [0, 0.1) is 17.0 Å². The van der Waals surface area contributed by atoms with E-state index in [-0.39, 0.29) is 17.2 Å². The fourth-order valence-corrected chi connectivity index (χ4v) is 1.12. The Bertz CT molecular complexity index is 426.